The van der Waals surface area contributed by atoms with Gasteiger partial charge < -0.3 is 4.74 Å². The van der Waals surface area contributed by atoms with Crippen LogP contribution < -0.4 is 5.01 Å². The van der Waals surface area contributed by atoms with Crippen LogP contribution in [0.25, 0.3) is 0 Å². The molecule has 1 aromatic rings. The molecule has 5 nitrogen and oxygen atoms in total. The van der Waals surface area contributed by atoms with E-state index in [0.717, 1.165) is 7.05 Å². The minimum absolute atomic E-state index is 0.00285. The molecule has 26 heavy (non-hydrogen) atoms. The number of aromatic nitrogens is 1. The van der Waals surface area contributed by atoms with Gasteiger partial charge in [-0.1, -0.05) is 23.4 Å². The number of nitrogens with zero attached hydrogens (tertiary/aromatic N) is 3. The zero-order chi connectivity index (χ0) is 20.1. The van der Waals surface area contributed by atoms with Crippen molar-refractivity contribution in [3.63, 3.8) is 0 Å². The Morgan fingerprint density at radius 3 is 2.42 bits per heavy atom. The summed E-state index contributed by atoms with van der Waals surface area (Å²) in [6.07, 6.45) is -9.18. The van der Waals surface area contributed by atoms with Crippen molar-refractivity contribution in [2.75, 3.05) is 24.4 Å². The minimum atomic E-state index is -4.90. The Kier molecular flexibility index (Phi) is 7.57. The Morgan fingerprint density at radius 1 is 1.35 bits per heavy atom. The molecule has 0 bridgehead atoms. The number of carbonyl (C=O) groups excluding carboxylic acids is 1. The lowest BCUT2D eigenvalue weighted by Gasteiger charge is -2.18. The highest BCUT2D eigenvalue weighted by atomic mass is 35.5. The van der Waals surface area contributed by atoms with Crippen LogP contribution in [0, 0.1) is 0 Å². The minimum Gasteiger partial charge on any atom is -0.465 e. The number of carbonyl (C=O) groups is 1. The second-order valence-electron chi connectivity index (χ2n) is 4.55. The molecule has 0 atom stereocenters. The lowest BCUT2D eigenvalue weighted by Crippen LogP contribution is -2.26. The largest absolute Gasteiger partial charge is 0.465 e. The van der Waals surface area contributed by atoms with Crippen molar-refractivity contribution in [3.8, 4) is 0 Å². The van der Waals surface area contributed by atoms with Gasteiger partial charge in [-0.2, -0.15) is 31.4 Å². The summed E-state index contributed by atoms with van der Waals surface area (Å²) < 4.78 is 81.3. The van der Waals surface area contributed by atoms with Crippen molar-refractivity contribution in [2.45, 2.75) is 19.3 Å². The molecule has 146 valence electrons. The fourth-order valence-corrected chi connectivity index (χ4v) is 2.48. The van der Waals surface area contributed by atoms with Crippen LogP contribution in [0.5, 0.6) is 0 Å². The zero-order valence-electron chi connectivity index (χ0n) is 13.3. The average Bonchev–Trinajstić information content (AvgIpc) is 2.49. The van der Waals surface area contributed by atoms with Crippen molar-refractivity contribution in [3.05, 3.63) is 22.8 Å². The van der Waals surface area contributed by atoms with Crippen LogP contribution in [-0.4, -0.2) is 41.6 Å². The molecule has 0 fully saturated rings. The standard InChI is InChI=1S/C13H12ClF6N3O2S/c1-3-25-9(24)6-26-11(13(18,19)20)22-23(2)10-8(14)4-7(5-21-10)12(15,16)17/h4-5H,3,6H2,1-2H3/b22-11+. The Hall–Kier alpha value is -1.69. The van der Waals surface area contributed by atoms with Gasteiger partial charge >= 0.3 is 18.3 Å². The molecule has 0 aliphatic carbocycles. The number of thioether (sulfide) groups is 1. The highest BCUT2D eigenvalue weighted by molar-refractivity contribution is 8.14. The number of alkyl halides is 6. The molecule has 0 aliphatic rings. The van der Waals surface area contributed by atoms with Crippen LogP contribution in [0.2, 0.25) is 5.02 Å². The van der Waals surface area contributed by atoms with Crippen LogP contribution in [0.4, 0.5) is 32.2 Å². The highest BCUT2D eigenvalue weighted by Gasteiger charge is 2.38. The van der Waals surface area contributed by atoms with E-state index in [9.17, 15) is 31.1 Å². The quantitative estimate of drug-likeness (QED) is 0.231. The molecule has 1 aromatic heterocycles. The van der Waals surface area contributed by atoms with Crippen molar-refractivity contribution >= 4 is 40.2 Å². The van der Waals surface area contributed by atoms with E-state index < -0.39 is 45.5 Å². The van der Waals surface area contributed by atoms with Gasteiger partial charge in [0.05, 0.1) is 22.9 Å². The van der Waals surface area contributed by atoms with Gasteiger partial charge in [-0.25, -0.2) is 9.99 Å². The molecular formula is C13H12ClF6N3O2S. The first-order chi connectivity index (χ1) is 11.9. The Bertz CT molecular complexity index is 681. The third-order valence-electron chi connectivity index (χ3n) is 2.57. The molecule has 0 N–H and O–H groups in total. The van der Waals surface area contributed by atoms with Crippen molar-refractivity contribution < 1.29 is 35.9 Å². The number of pyridine rings is 1. The van der Waals surface area contributed by atoms with Crippen LogP contribution in [0.3, 0.4) is 0 Å². The van der Waals surface area contributed by atoms with Gasteiger partial charge in [-0.05, 0) is 13.0 Å². The molecule has 0 aliphatic heterocycles. The number of hydrogen-bond donors (Lipinski definition) is 0. The van der Waals surface area contributed by atoms with Crippen LogP contribution in [0.15, 0.2) is 17.4 Å². The van der Waals surface area contributed by atoms with Crippen molar-refractivity contribution in [1.82, 2.24) is 4.98 Å². The molecule has 0 saturated carbocycles. The van der Waals surface area contributed by atoms with Gasteiger partial charge in [0.2, 0.25) is 0 Å². The first-order valence-electron chi connectivity index (χ1n) is 6.77. The third-order valence-corrected chi connectivity index (χ3v) is 3.82. The van der Waals surface area contributed by atoms with Gasteiger partial charge in [0, 0.05) is 13.2 Å². The van der Waals surface area contributed by atoms with E-state index in [1.165, 1.54) is 6.92 Å². The molecule has 0 unspecified atom stereocenters. The maximum absolute atomic E-state index is 13.0. The summed E-state index contributed by atoms with van der Waals surface area (Å²) in [4.78, 5) is 14.6. The fraction of sp³-hybridized carbons (Fsp3) is 0.462. The normalized spacial score (nSPS) is 12.9. The summed E-state index contributed by atoms with van der Waals surface area (Å²) in [5.41, 5.74) is -1.16. The summed E-state index contributed by atoms with van der Waals surface area (Å²) in [5.74, 6) is -1.94. The molecule has 13 heteroatoms. The molecule has 0 spiro atoms. The topological polar surface area (TPSA) is 54.8 Å². The summed E-state index contributed by atoms with van der Waals surface area (Å²) in [7, 11) is 1.03. The van der Waals surface area contributed by atoms with Gasteiger partial charge in [-0.3, -0.25) is 4.79 Å². The van der Waals surface area contributed by atoms with E-state index in [4.69, 9.17) is 11.6 Å². The van der Waals surface area contributed by atoms with Gasteiger partial charge in [-0.15, -0.1) is 0 Å². The lowest BCUT2D eigenvalue weighted by molar-refractivity contribution is -0.140. The molecule has 0 radical (unpaired) electrons. The number of halogens is 7. The number of hydrazone groups is 1. The van der Waals surface area contributed by atoms with Crippen molar-refractivity contribution in [1.29, 1.82) is 0 Å². The van der Waals surface area contributed by atoms with Crippen LogP contribution in [-0.2, 0) is 15.7 Å². The predicted molar refractivity (Wildman–Crippen MR) is 85.2 cm³/mol. The molecule has 1 rings (SSSR count). The summed E-state index contributed by atoms with van der Waals surface area (Å²) in [6, 6.07) is 0.523. The summed E-state index contributed by atoms with van der Waals surface area (Å²) >= 11 is 5.73. The van der Waals surface area contributed by atoms with E-state index in [1.54, 1.807) is 0 Å². The Balaban J connectivity index is 3.07. The van der Waals surface area contributed by atoms with Crippen LogP contribution >= 0.6 is 23.4 Å². The second kappa shape index (κ2) is 8.80. The van der Waals surface area contributed by atoms with Crippen molar-refractivity contribution in [2.24, 2.45) is 5.10 Å². The van der Waals surface area contributed by atoms with E-state index >= 15 is 0 Å². The number of ether oxygens (including phenoxy) is 1. The third kappa shape index (κ3) is 6.56. The zero-order valence-corrected chi connectivity index (χ0v) is 14.9. The predicted octanol–water partition coefficient (Wildman–Crippen LogP) is 4.36. The molecule has 0 aromatic carbocycles. The smallest absolute Gasteiger partial charge is 0.441 e. The number of rotatable bonds is 5. The molecule has 0 amide bonds. The van der Waals surface area contributed by atoms with E-state index in [2.05, 4.69) is 14.8 Å². The SMILES string of the molecule is CCOC(=O)CS/C(=N/N(C)c1ncc(C(F)(F)F)cc1Cl)C(F)(F)F. The number of hydrogen-bond acceptors (Lipinski definition) is 6. The van der Waals surface area contributed by atoms with Gasteiger partial charge in [0.25, 0.3) is 0 Å². The van der Waals surface area contributed by atoms with Gasteiger partial charge in [0.15, 0.2) is 10.9 Å². The average molecular weight is 424 g/mol. The van der Waals surface area contributed by atoms with E-state index in [0.29, 0.717) is 17.3 Å². The van der Waals surface area contributed by atoms with Gasteiger partial charge in [0.1, 0.15) is 0 Å². The monoisotopic (exact) mass is 423 g/mol. The molecule has 1 heterocycles. The van der Waals surface area contributed by atoms with E-state index in [1.807, 2.05) is 0 Å². The summed E-state index contributed by atoms with van der Waals surface area (Å²) in [6.45, 7) is 1.50. The fourth-order valence-electron chi connectivity index (χ4n) is 1.50. The number of esters is 1. The maximum atomic E-state index is 13.0. The second-order valence-corrected chi connectivity index (χ2v) is 5.92. The lowest BCUT2D eigenvalue weighted by atomic mass is 10.3. The Labute approximate surface area is 153 Å². The summed E-state index contributed by atoms with van der Waals surface area (Å²) in [5, 5.41) is 1.88. The molecular weight excluding hydrogens is 412 g/mol. The maximum Gasteiger partial charge on any atom is 0.441 e. The number of anilines is 1. The first-order valence-corrected chi connectivity index (χ1v) is 8.13. The first kappa shape index (κ1) is 22.4. The van der Waals surface area contributed by atoms with Crippen LogP contribution in [0.1, 0.15) is 12.5 Å². The van der Waals surface area contributed by atoms with E-state index in [-0.39, 0.29) is 18.4 Å². The highest BCUT2D eigenvalue weighted by Crippen LogP contribution is 2.34. The molecule has 0 saturated heterocycles. The Morgan fingerprint density at radius 2 is 1.96 bits per heavy atom.